The Bertz CT molecular complexity index is 756. The first-order chi connectivity index (χ1) is 10.1. The number of aryl methyl sites for hydroxylation is 1. The molecule has 0 spiro atoms. The number of ether oxygens (including phenoxy) is 1. The van der Waals surface area contributed by atoms with Crippen molar-refractivity contribution in [3.8, 4) is 0 Å². The normalized spacial score (nSPS) is 11.4. The van der Waals surface area contributed by atoms with Crippen LogP contribution in [0.2, 0.25) is 0 Å². The molecule has 0 aliphatic heterocycles. The van der Waals surface area contributed by atoms with Crippen LogP contribution in [0.5, 0.6) is 0 Å². The van der Waals surface area contributed by atoms with E-state index in [9.17, 15) is 9.59 Å². The molecule has 2 rings (SSSR count). The van der Waals surface area contributed by atoms with E-state index in [0.29, 0.717) is 43.8 Å². The lowest BCUT2D eigenvalue weighted by Crippen LogP contribution is -2.39. The molecule has 2 aromatic heterocycles. The number of methoxy groups -OCH3 is 1. The second kappa shape index (κ2) is 6.23. The average Bonchev–Trinajstić information content (AvgIpc) is 2.83. The molecular weight excluding hydrogens is 274 g/mol. The van der Waals surface area contributed by atoms with Crippen LogP contribution < -0.4 is 17.0 Å². The van der Waals surface area contributed by atoms with Gasteiger partial charge in [0.2, 0.25) is 0 Å². The summed E-state index contributed by atoms with van der Waals surface area (Å²) in [6.07, 6.45) is 0.560. The zero-order chi connectivity index (χ0) is 15.6. The summed E-state index contributed by atoms with van der Waals surface area (Å²) in [7, 11) is 3.04. The van der Waals surface area contributed by atoms with Gasteiger partial charge in [-0.05, 0) is 13.5 Å². The van der Waals surface area contributed by atoms with Crippen LogP contribution in [-0.4, -0.2) is 38.9 Å². The van der Waals surface area contributed by atoms with Crippen LogP contribution in [0.4, 0.5) is 0 Å². The summed E-state index contributed by atoms with van der Waals surface area (Å²) in [5, 5.41) is 0. The molecule has 0 amide bonds. The van der Waals surface area contributed by atoms with Crippen LogP contribution in [0.25, 0.3) is 11.2 Å². The highest BCUT2D eigenvalue weighted by Crippen LogP contribution is 2.12. The lowest BCUT2D eigenvalue weighted by Gasteiger charge is -2.09. The molecule has 2 N–H and O–H groups in total. The summed E-state index contributed by atoms with van der Waals surface area (Å²) >= 11 is 0. The van der Waals surface area contributed by atoms with Gasteiger partial charge in [0, 0.05) is 27.1 Å². The molecule has 2 aromatic rings. The van der Waals surface area contributed by atoms with Crippen molar-refractivity contribution in [1.82, 2.24) is 18.7 Å². The molecule has 8 heteroatoms. The van der Waals surface area contributed by atoms with Crippen molar-refractivity contribution < 1.29 is 4.74 Å². The summed E-state index contributed by atoms with van der Waals surface area (Å²) in [6.45, 7) is 3.70. The minimum atomic E-state index is -0.385. The maximum Gasteiger partial charge on any atom is 0.332 e. The van der Waals surface area contributed by atoms with Gasteiger partial charge in [-0.25, -0.2) is 9.78 Å². The number of imidazole rings is 1. The van der Waals surface area contributed by atoms with Crippen molar-refractivity contribution in [2.75, 3.05) is 20.3 Å². The highest BCUT2D eigenvalue weighted by atomic mass is 16.5. The second-order valence-corrected chi connectivity index (χ2v) is 4.77. The monoisotopic (exact) mass is 295 g/mol. The molecule has 0 aliphatic carbocycles. The Morgan fingerprint density at radius 3 is 2.57 bits per heavy atom. The molecule has 0 saturated heterocycles. The van der Waals surface area contributed by atoms with Gasteiger partial charge >= 0.3 is 5.69 Å². The van der Waals surface area contributed by atoms with E-state index < -0.39 is 0 Å². The predicted octanol–water partition coefficient (Wildman–Crippen LogP) is -0.936. The number of aromatic nitrogens is 4. The lowest BCUT2D eigenvalue weighted by molar-refractivity contribution is 0.186. The number of hydrogen-bond acceptors (Lipinski definition) is 5. The van der Waals surface area contributed by atoms with Crippen LogP contribution in [0.1, 0.15) is 12.7 Å². The van der Waals surface area contributed by atoms with Crippen LogP contribution in [0.15, 0.2) is 9.59 Å². The Morgan fingerprint density at radius 2 is 2.00 bits per heavy atom. The first-order valence-electron chi connectivity index (χ1n) is 6.94. The van der Waals surface area contributed by atoms with Gasteiger partial charge in [0.1, 0.15) is 5.82 Å². The summed E-state index contributed by atoms with van der Waals surface area (Å²) in [4.78, 5) is 29.1. The van der Waals surface area contributed by atoms with Crippen molar-refractivity contribution in [2.24, 2.45) is 12.8 Å². The predicted molar refractivity (Wildman–Crippen MR) is 79.5 cm³/mol. The summed E-state index contributed by atoms with van der Waals surface area (Å²) < 4.78 is 9.44. The Morgan fingerprint density at radius 1 is 1.29 bits per heavy atom. The Hall–Kier alpha value is -1.93. The molecule has 0 aliphatic rings. The third-order valence-corrected chi connectivity index (χ3v) is 3.51. The van der Waals surface area contributed by atoms with Crippen molar-refractivity contribution in [1.29, 1.82) is 0 Å². The Kier molecular flexibility index (Phi) is 4.59. The third kappa shape index (κ3) is 2.52. The maximum atomic E-state index is 12.4. The zero-order valence-electron chi connectivity index (χ0n) is 12.6. The fourth-order valence-electron chi connectivity index (χ4n) is 2.45. The topological polar surface area (TPSA) is 97.1 Å². The van der Waals surface area contributed by atoms with E-state index in [4.69, 9.17) is 10.5 Å². The number of hydrogen-bond donors (Lipinski definition) is 1. The van der Waals surface area contributed by atoms with Gasteiger partial charge in [0.05, 0.1) is 13.2 Å². The summed E-state index contributed by atoms with van der Waals surface area (Å²) in [5.74, 6) is 0.726. The van der Waals surface area contributed by atoms with E-state index in [2.05, 4.69) is 4.98 Å². The number of fused-ring (bicyclic) bond motifs is 1. The molecule has 0 unspecified atom stereocenters. The molecule has 2 heterocycles. The van der Waals surface area contributed by atoms with E-state index in [1.54, 1.807) is 7.11 Å². The van der Waals surface area contributed by atoms with Crippen LogP contribution in [0.3, 0.4) is 0 Å². The molecule has 0 aromatic carbocycles. The molecule has 8 nitrogen and oxygen atoms in total. The van der Waals surface area contributed by atoms with E-state index in [1.807, 2.05) is 11.5 Å². The largest absolute Gasteiger partial charge is 0.383 e. The van der Waals surface area contributed by atoms with Crippen LogP contribution >= 0.6 is 0 Å². The number of rotatable bonds is 6. The van der Waals surface area contributed by atoms with Gasteiger partial charge in [-0.2, -0.15) is 0 Å². The summed E-state index contributed by atoms with van der Waals surface area (Å²) in [5.41, 5.74) is 5.73. The van der Waals surface area contributed by atoms with Crippen molar-refractivity contribution in [3.63, 3.8) is 0 Å². The quantitative estimate of drug-likeness (QED) is 0.742. The van der Waals surface area contributed by atoms with Gasteiger partial charge < -0.3 is 15.0 Å². The highest BCUT2D eigenvalue weighted by molar-refractivity contribution is 5.71. The summed E-state index contributed by atoms with van der Waals surface area (Å²) in [6, 6.07) is 0. The third-order valence-electron chi connectivity index (χ3n) is 3.51. The SMILES string of the molecule is CCn1c(CCN)nc2c1c(=O)n(C)c(=O)n2CCOC. The lowest BCUT2D eigenvalue weighted by atomic mass is 10.4. The highest BCUT2D eigenvalue weighted by Gasteiger charge is 2.19. The molecular formula is C13H21N5O3. The second-order valence-electron chi connectivity index (χ2n) is 4.77. The van der Waals surface area contributed by atoms with Gasteiger partial charge in [0.25, 0.3) is 5.56 Å². The zero-order valence-corrected chi connectivity index (χ0v) is 12.6. The average molecular weight is 295 g/mol. The van der Waals surface area contributed by atoms with Gasteiger partial charge in [-0.1, -0.05) is 0 Å². The molecule has 0 bridgehead atoms. The molecule has 0 fully saturated rings. The first-order valence-corrected chi connectivity index (χ1v) is 6.94. The number of nitrogens with zero attached hydrogens (tertiary/aromatic N) is 4. The fraction of sp³-hybridized carbons (Fsp3) is 0.615. The van der Waals surface area contributed by atoms with Crippen molar-refractivity contribution >= 4 is 11.2 Å². The molecule has 116 valence electrons. The van der Waals surface area contributed by atoms with E-state index in [-0.39, 0.29) is 11.2 Å². The van der Waals surface area contributed by atoms with Crippen molar-refractivity contribution in [2.45, 2.75) is 26.4 Å². The maximum absolute atomic E-state index is 12.4. The Labute approximate surface area is 121 Å². The molecule has 0 saturated carbocycles. The Balaban J connectivity index is 2.84. The minimum Gasteiger partial charge on any atom is -0.383 e. The van der Waals surface area contributed by atoms with Gasteiger partial charge in [-0.3, -0.25) is 13.9 Å². The van der Waals surface area contributed by atoms with E-state index in [1.165, 1.54) is 11.6 Å². The standard InChI is InChI=1S/C13H21N5O3/c1-4-17-9(5-6-14)15-11-10(17)12(19)16(2)13(20)18(11)7-8-21-3/h4-8,14H2,1-3H3. The smallest absolute Gasteiger partial charge is 0.332 e. The number of nitrogens with two attached hydrogens (primary N) is 1. The molecule has 0 atom stereocenters. The minimum absolute atomic E-state index is 0.332. The fourth-order valence-corrected chi connectivity index (χ4v) is 2.45. The van der Waals surface area contributed by atoms with E-state index in [0.717, 1.165) is 10.4 Å². The van der Waals surface area contributed by atoms with Crippen molar-refractivity contribution in [3.05, 3.63) is 26.7 Å². The molecule has 0 radical (unpaired) electrons. The van der Waals surface area contributed by atoms with Gasteiger partial charge in [0.15, 0.2) is 11.2 Å². The molecule has 21 heavy (non-hydrogen) atoms. The van der Waals surface area contributed by atoms with Gasteiger partial charge in [-0.15, -0.1) is 0 Å². The van der Waals surface area contributed by atoms with E-state index >= 15 is 0 Å². The van der Waals surface area contributed by atoms with Crippen LogP contribution in [0, 0.1) is 0 Å². The van der Waals surface area contributed by atoms with Crippen LogP contribution in [-0.2, 0) is 31.3 Å². The first kappa shape index (κ1) is 15.5.